The van der Waals surface area contributed by atoms with E-state index < -0.39 is 23.2 Å². The summed E-state index contributed by atoms with van der Waals surface area (Å²) >= 11 is 0. The van der Waals surface area contributed by atoms with Gasteiger partial charge >= 0.3 is 0 Å². The Hall–Kier alpha value is -1.98. The molecule has 1 aromatic carbocycles. The lowest BCUT2D eigenvalue weighted by Crippen LogP contribution is -2.69. The monoisotopic (exact) mass is 296 g/mol. The second kappa shape index (κ2) is 5.42. The quantitative estimate of drug-likeness (QED) is 0.931. The number of piperazine rings is 1. The van der Waals surface area contributed by atoms with Gasteiger partial charge in [-0.2, -0.15) is 0 Å². The zero-order chi connectivity index (χ0) is 15.8. The molecule has 2 rings (SSSR count). The highest BCUT2D eigenvalue weighted by atomic mass is 19.1. The molecule has 0 bridgehead atoms. The SMILES string of the molecule is CCC1C(=O)NC(C)(CC)C(=O)N1c1cc(F)cc(F)c1. The molecule has 1 aromatic rings. The van der Waals surface area contributed by atoms with Crippen LogP contribution in [-0.4, -0.2) is 23.4 Å². The van der Waals surface area contributed by atoms with E-state index in [0.29, 0.717) is 12.8 Å². The molecule has 2 atom stereocenters. The number of carbonyl (C=O) groups is 2. The standard InChI is InChI=1S/C15H18F2N2O2/c1-4-12-13(20)18-15(3,5-2)14(21)19(12)11-7-9(16)6-10(17)8-11/h6-8,12H,4-5H2,1-3H3,(H,18,20). The summed E-state index contributed by atoms with van der Waals surface area (Å²) in [6.45, 7) is 5.13. The van der Waals surface area contributed by atoms with E-state index in [1.807, 2.05) is 0 Å². The molecule has 114 valence electrons. The van der Waals surface area contributed by atoms with Gasteiger partial charge in [0.1, 0.15) is 23.2 Å². The summed E-state index contributed by atoms with van der Waals surface area (Å²) in [4.78, 5) is 26.1. The van der Waals surface area contributed by atoms with Gasteiger partial charge in [-0.3, -0.25) is 14.5 Å². The van der Waals surface area contributed by atoms with Crippen LogP contribution in [0, 0.1) is 11.6 Å². The highest BCUT2D eigenvalue weighted by molar-refractivity contribution is 6.10. The van der Waals surface area contributed by atoms with E-state index in [1.165, 1.54) is 4.90 Å². The lowest BCUT2D eigenvalue weighted by molar-refractivity contribution is -0.138. The van der Waals surface area contributed by atoms with Crippen LogP contribution in [0.3, 0.4) is 0 Å². The van der Waals surface area contributed by atoms with Gasteiger partial charge in [-0.25, -0.2) is 8.78 Å². The molecule has 0 saturated carbocycles. The van der Waals surface area contributed by atoms with Gasteiger partial charge in [0.25, 0.3) is 5.91 Å². The topological polar surface area (TPSA) is 49.4 Å². The number of anilines is 1. The van der Waals surface area contributed by atoms with Crippen LogP contribution in [0.2, 0.25) is 0 Å². The van der Waals surface area contributed by atoms with Crippen molar-refractivity contribution in [3.63, 3.8) is 0 Å². The van der Waals surface area contributed by atoms with Crippen molar-refractivity contribution in [2.45, 2.75) is 45.2 Å². The minimum Gasteiger partial charge on any atom is -0.340 e. The first kappa shape index (κ1) is 15.4. The summed E-state index contributed by atoms with van der Waals surface area (Å²) in [6.07, 6.45) is 0.748. The molecular weight excluding hydrogens is 278 g/mol. The van der Waals surface area contributed by atoms with E-state index in [0.717, 1.165) is 18.2 Å². The average Bonchev–Trinajstić information content (AvgIpc) is 2.41. The predicted octanol–water partition coefficient (Wildman–Crippen LogP) is 2.37. The number of nitrogens with zero attached hydrogens (tertiary/aromatic N) is 1. The molecule has 1 N–H and O–H groups in total. The van der Waals surface area contributed by atoms with Crippen LogP contribution in [0.1, 0.15) is 33.6 Å². The Bertz CT molecular complexity index is 571. The predicted molar refractivity (Wildman–Crippen MR) is 74.8 cm³/mol. The van der Waals surface area contributed by atoms with Gasteiger partial charge in [-0.15, -0.1) is 0 Å². The summed E-state index contributed by atoms with van der Waals surface area (Å²) in [6, 6.07) is 2.10. The molecule has 1 aliphatic heterocycles. The summed E-state index contributed by atoms with van der Waals surface area (Å²) in [5.74, 6) is -2.23. The van der Waals surface area contributed by atoms with Crippen LogP contribution in [0.15, 0.2) is 18.2 Å². The highest BCUT2D eigenvalue weighted by Crippen LogP contribution is 2.29. The zero-order valence-corrected chi connectivity index (χ0v) is 12.2. The second-order valence-electron chi connectivity index (χ2n) is 5.40. The van der Waals surface area contributed by atoms with E-state index >= 15 is 0 Å². The maximum atomic E-state index is 13.4. The molecule has 2 unspecified atom stereocenters. The van der Waals surface area contributed by atoms with Gasteiger partial charge in [0.15, 0.2) is 0 Å². The lowest BCUT2D eigenvalue weighted by Gasteiger charge is -2.43. The van der Waals surface area contributed by atoms with Crippen molar-refractivity contribution < 1.29 is 18.4 Å². The average molecular weight is 296 g/mol. The van der Waals surface area contributed by atoms with E-state index in [4.69, 9.17) is 0 Å². The van der Waals surface area contributed by atoms with Crippen molar-refractivity contribution in [2.24, 2.45) is 0 Å². The fourth-order valence-corrected chi connectivity index (χ4v) is 2.52. The molecule has 1 fully saturated rings. The summed E-state index contributed by atoms with van der Waals surface area (Å²) < 4.78 is 26.9. The normalized spacial score (nSPS) is 26.0. The minimum absolute atomic E-state index is 0.0684. The van der Waals surface area contributed by atoms with Crippen molar-refractivity contribution in [2.75, 3.05) is 4.90 Å². The van der Waals surface area contributed by atoms with Crippen molar-refractivity contribution in [3.8, 4) is 0 Å². The fraction of sp³-hybridized carbons (Fsp3) is 0.467. The first-order valence-corrected chi connectivity index (χ1v) is 6.94. The molecular formula is C15H18F2N2O2. The third kappa shape index (κ3) is 2.62. The number of rotatable bonds is 3. The number of hydrogen-bond donors (Lipinski definition) is 1. The number of amides is 2. The molecule has 0 radical (unpaired) electrons. The summed E-state index contributed by atoms with van der Waals surface area (Å²) in [5.41, 5.74) is -0.996. The molecule has 0 spiro atoms. The maximum Gasteiger partial charge on any atom is 0.253 e. The number of carbonyl (C=O) groups excluding carboxylic acids is 2. The van der Waals surface area contributed by atoms with Crippen molar-refractivity contribution in [3.05, 3.63) is 29.8 Å². The first-order chi connectivity index (χ1) is 9.82. The van der Waals surface area contributed by atoms with Gasteiger partial charge < -0.3 is 5.32 Å². The Labute approximate surface area is 122 Å². The molecule has 1 heterocycles. The van der Waals surface area contributed by atoms with Crippen LogP contribution >= 0.6 is 0 Å². The van der Waals surface area contributed by atoms with Gasteiger partial charge in [0.2, 0.25) is 5.91 Å². The van der Waals surface area contributed by atoms with Crippen LogP contribution in [0.25, 0.3) is 0 Å². The van der Waals surface area contributed by atoms with Crippen LogP contribution in [0.5, 0.6) is 0 Å². The molecule has 6 heteroatoms. The van der Waals surface area contributed by atoms with Crippen molar-refractivity contribution >= 4 is 17.5 Å². The van der Waals surface area contributed by atoms with E-state index in [1.54, 1.807) is 20.8 Å². The van der Waals surface area contributed by atoms with Gasteiger partial charge in [-0.1, -0.05) is 13.8 Å². The number of halogens is 2. The lowest BCUT2D eigenvalue weighted by atomic mass is 9.90. The molecule has 1 saturated heterocycles. The fourth-order valence-electron chi connectivity index (χ4n) is 2.52. The maximum absolute atomic E-state index is 13.4. The third-order valence-electron chi connectivity index (χ3n) is 3.92. The molecule has 1 aliphatic rings. The molecule has 0 aromatic heterocycles. The summed E-state index contributed by atoms with van der Waals surface area (Å²) in [7, 11) is 0. The van der Waals surface area contributed by atoms with Gasteiger partial charge in [-0.05, 0) is 31.9 Å². The Morgan fingerprint density at radius 3 is 2.24 bits per heavy atom. The first-order valence-electron chi connectivity index (χ1n) is 6.94. The Morgan fingerprint density at radius 1 is 1.19 bits per heavy atom. The Balaban J connectivity index is 2.54. The number of hydrogen-bond acceptors (Lipinski definition) is 2. The highest BCUT2D eigenvalue weighted by Gasteiger charge is 2.47. The molecule has 2 amide bonds. The molecule has 21 heavy (non-hydrogen) atoms. The zero-order valence-electron chi connectivity index (χ0n) is 12.2. The molecule has 0 aliphatic carbocycles. The minimum atomic E-state index is -1.06. The largest absolute Gasteiger partial charge is 0.340 e. The van der Waals surface area contributed by atoms with E-state index in [-0.39, 0.29) is 17.5 Å². The van der Waals surface area contributed by atoms with Crippen LogP contribution in [0.4, 0.5) is 14.5 Å². The second-order valence-corrected chi connectivity index (χ2v) is 5.40. The van der Waals surface area contributed by atoms with Crippen LogP contribution < -0.4 is 10.2 Å². The summed E-state index contributed by atoms with van der Waals surface area (Å²) in [5, 5.41) is 2.70. The smallest absolute Gasteiger partial charge is 0.253 e. The van der Waals surface area contributed by atoms with E-state index in [9.17, 15) is 18.4 Å². The number of benzene rings is 1. The van der Waals surface area contributed by atoms with Crippen molar-refractivity contribution in [1.82, 2.24) is 5.32 Å². The Morgan fingerprint density at radius 2 is 1.76 bits per heavy atom. The van der Waals surface area contributed by atoms with Gasteiger partial charge in [0.05, 0.1) is 5.69 Å². The number of nitrogens with one attached hydrogen (secondary N) is 1. The van der Waals surface area contributed by atoms with E-state index in [2.05, 4.69) is 5.32 Å². The Kier molecular flexibility index (Phi) is 3.98. The van der Waals surface area contributed by atoms with Crippen molar-refractivity contribution in [1.29, 1.82) is 0 Å². The third-order valence-corrected chi connectivity index (χ3v) is 3.92. The molecule has 4 nitrogen and oxygen atoms in total. The van der Waals surface area contributed by atoms with Gasteiger partial charge in [0, 0.05) is 6.07 Å². The van der Waals surface area contributed by atoms with Crippen LogP contribution in [-0.2, 0) is 9.59 Å².